The van der Waals surface area contributed by atoms with Gasteiger partial charge < -0.3 is 20.7 Å². The zero-order chi connectivity index (χ0) is 13.4. The molecule has 1 rings (SSSR count). The molecule has 0 aromatic rings. The second kappa shape index (κ2) is 10.00. The maximum absolute atomic E-state index is 11.6. The number of carbonyl (C=O) groups is 2. The molecular formula is C12H24ClN3O3. The predicted molar refractivity (Wildman–Crippen MR) is 75.3 cm³/mol. The molecule has 1 unspecified atom stereocenters. The Bertz CT molecular complexity index is 281. The van der Waals surface area contributed by atoms with Crippen molar-refractivity contribution in [1.82, 2.24) is 16.0 Å². The van der Waals surface area contributed by atoms with Crippen LogP contribution in [-0.2, 0) is 14.3 Å². The molecule has 7 heteroatoms. The van der Waals surface area contributed by atoms with Crippen LogP contribution < -0.4 is 16.0 Å². The number of nitrogens with one attached hydrogen (secondary N) is 3. The van der Waals surface area contributed by atoms with Gasteiger partial charge in [0.05, 0.1) is 13.2 Å². The van der Waals surface area contributed by atoms with Gasteiger partial charge in [-0.1, -0.05) is 13.8 Å². The van der Waals surface area contributed by atoms with Gasteiger partial charge in [0.25, 0.3) is 0 Å². The van der Waals surface area contributed by atoms with Crippen molar-refractivity contribution in [1.29, 1.82) is 0 Å². The monoisotopic (exact) mass is 293 g/mol. The first kappa shape index (κ1) is 18.1. The van der Waals surface area contributed by atoms with Crippen LogP contribution in [0.15, 0.2) is 0 Å². The van der Waals surface area contributed by atoms with Gasteiger partial charge in [0.2, 0.25) is 11.8 Å². The lowest BCUT2D eigenvalue weighted by Gasteiger charge is -2.23. The molecule has 6 nitrogen and oxygen atoms in total. The van der Waals surface area contributed by atoms with Crippen molar-refractivity contribution < 1.29 is 14.3 Å². The topological polar surface area (TPSA) is 79.5 Å². The quantitative estimate of drug-likeness (QED) is 0.586. The number of halogens is 1. The van der Waals surface area contributed by atoms with E-state index in [1.165, 1.54) is 0 Å². The Kier molecular flexibility index (Phi) is 9.55. The fourth-order valence-electron chi connectivity index (χ4n) is 1.64. The maximum atomic E-state index is 11.6. The summed E-state index contributed by atoms with van der Waals surface area (Å²) in [4.78, 5) is 22.8. The summed E-state index contributed by atoms with van der Waals surface area (Å²) in [5.74, 6) is -0.0346. The molecule has 19 heavy (non-hydrogen) atoms. The van der Waals surface area contributed by atoms with Crippen LogP contribution in [0.3, 0.4) is 0 Å². The molecule has 0 aliphatic carbocycles. The molecule has 0 aromatic carbocycles. The van der Waals surface area contributed by atoms with Crippen LogP contribution in [0.2, 0.25) is 0 Å². The minimum absolute atomic E-state index is 0. The van der Waals surface area contributed by atoms with Crippen LogP contribution in [0.5, 0.6) is 0 Å². The molecule has 1 heterocycles. The molecule has 1 atom stereocenters. The van der Waals surface area contributed by atoms with Gasteiger partial charge in [-0.25, -0.2) is 0 Å². The minimum Gasteiger partial charge on any atom is -0.378 e. The number of carbonyl (C=O) groups excluding carboxylic acids is 2. The Balaban J connectivity index is 0.00000324. The average molecular weight is 294 g/mol. The van der Waals surface area contributed by atoms with Crippen LogP contribution in [0.1, 0.15) is 20.3 Å². The van der Waals surface area contributed by atoms with E-state index in [0.717, 1.165) is 6.54 Å². The summed E-state index contributed by atoms with van der Waals surface area (Å²) in [6.07, 6.45) is 0.415. The first-order valence-corrected chi connectivity index (χ1v) is 6.45. The number of morpholine rings is 1. The average Bonchev–Trinajstić information content (AvgIpc) is 2.35. The number of hydrogen-bond acceptors (Lipinski definition) is 4. The molecule has 0 bridgehead atoms. The van der Waals surface area contributed by atoms with Gasteiger partial charge in [0, 0.05) is 38.0 Å². The van der Waals surface area contributed by atoms with E-state index in [2.05, 4.69) is 16.0 Å². The maximum Gasteiger partial charge on any atom is 0.222 e. The molecule has 112 valence electrons. The Labute approximate surface area is 120 Å². The van der Waals surface area contributed by atoms with Crippen molar-refractivity contribution >= 4 is 24.2 Å². The van der Waals surface area contributed by atoms with E-state index in [1.807, 2.05) is 13.8 Å². The molecule has 0 saturated carbocycles. The van der Waals surface area contributed by atoms with Crippen LogP contribution >= 0.6 is 12.4 Å². The standard InChI is InChI=1S/C12H23N3O3.ClH/c1-9(2)12(17)15-4-3-14-11(16)7-10-8-18-6-5-13-10;/h9-10,13H,3-8H2,1-2H3,(H,14,16)(H,15,17);1H. The van der Waals surface area contributed by atoms with Gasteiger partial charge in [-0.2, -0.15) is 0 Å². The SMILES string of the molecule is CC(C)C(=O)NCCNC(=O)CC1COCCN1.Cl. The van der Waals surface area contributed by atoms with E-state index in [-0.39, 0.29) is 36.2 Å². The van der Waals surface area contributed by atoms with E-state index in [0.29, 0.717) is 32.7 Å². The van der Waals surface area contributed by atoms with Gasteiger partial charge in [0.1, 0.15) is 0 Å². The Hall–Kier alpha value is -0.850. The second-order valence-electron chi connectivity index (χ2n) is 4.73. The zero-order valence-electron chi connectivity index (χ0n) is 11.5. The van der Waals surface area contributed by atoms with E-state index < -0.39 is 0 Å². The third-order valence-electron chi connectivity index (χ3n) is 2.70. The predicted octanol–water partition coefficient (Wildman–Crippen LogP) is -0.325. The molecule has 0 spiro atoms. The van der Waals surface area contributed by atoms with Crippen molar-refractivity contribution in [2.75, 3.05) is 32.8 Å². The summed E-state index contributed by atoms with van der Waals surface area (Å²) >= 11 is 0. The fraction of sp³-hybridized carbons (Fsp3) is 0.833. The van der Waals surface area contributed by atoms with Crippen molar-refractivity contribution in [2.45, 2.75) is 26.3 Å². The van der Waals surface area contributed by atoms with Gasteiger partial charge in [-0.05, 0) is 0 Å². The van der Waals surface area contributed by atoms with Crippen LogP contribution in [0.4, 0.5) is 0 Å². The lowest BCUT2D eigenvalue weighted by atomic mass is 10.2. The number of amides is 2. The fourth-order valence-corrected chi connectivity index (χ4v) is 1.64. The normalized spacial score (nSPS) is 18.6. The van der Waals surface area contributed by atoms with Crippen molar-refractivity contribution in [3.63, 3.8) is 0 Å². The van der Waals surface area contributed by atoms with Crippen LogP contribution in [0.25, 0.3) is 0 Å². The Morgan fingerprint density at radius 3 is 2.58 bits per heavy atom. The Morgan fingerprint density at radius 2 is 2.00 bits per heavy atom. The molecule has 2 amide bonds. The van der Waals surface area contributed by atoms with Crippen LogP contribution in [-0.4, -0.2) is 50.7 Å². The highest BCUT2D eigenvalue weighted by Gasteiger charge is 2.16. The molecular weight excluding hydrogens is 270 g/mol. The van der Waals surface area contributed by atoms with E-state index in [1.54, 1.807) is 0 Å². The summed E-state index contributed by atoms with van der Waals surface area (Å²) in [6, 6.07) is 0.101. The molecule has 1 aliphatic heterocycles. The lowest BCUT2D eigenvalue weighted by molar-refractivity contribution is -0.125. The number of rotatable bonds is 6. The van der Waals surface area contributed by atoms with Crippen molar-refractivity contribution in [3.8, 4) is 0 Å². The molecule has 0 radical (unpaired) electrons. The molecule has 0 aromatic heterocycles. The summed E-state index contributed by atoms with van der Waals surface area (Å²) in [5, 5.41) is 8.74. The minimum atomic E-state index is -0.0238. The van der Waals surface area contributed by atoms with Crippen molar-refractivity contribution in [3.05, 3.63) is 0 Å². The van der Waals surface area contributed by atoms with E-state index in [9.17, 15) is 9.59 Å². The zero-order valence-corrected chi connectivity index (χ0v) is 12.3. The Morgan fingerprint density at radius 1 is 1.32 bits per heavy atom. The summed E-state index contributed by atoms with van der Waals surface area (Å²) in [7, 11) is 0. The molecule has 1 aliphatic rings. The van der Waals surface area contributed by atoms with Gasteiger partial charge >= 0.3 is 0 Å². The highest BCUT2D eigenvalue weighted by Crippen LogP contribution is 1.97. The highest BCUT2D eigenvalue weighted by atomic mass is 35.5. The smallest absolute Gasteiger partial charge is 0.222 e. The molecule has 3 N–H and O–H groups in total. The van der Waals surface area contributed by atoms with Gasteiger partial charge in [0.15, 0.2) is 0 Å². The highest BCUT2D eigenvalue weighted by molar-refractivity contribution is 5.85. The van der Waals surface area contributed by atoms with Crippen LogP contribution in [0, 0.1) is 5.92 Å². The number of ether oxygens (including phenoxy) is 1. The summed E-state index contributed by atoms with van der Waals surface area (Å²) < 4.78 is 5.27. The lowest BCUT2D eigenvalue weighted by Crippen LogP contribution is -2.45. The first-order valence-electron chi connectivity index (χ1n) is 6.45. The van der Waals surface area contributed by atoms with E-state index >= 15 is 0 Å². The summed E-state index contributed by atoms with van der Waals surface area (Å²) in [6.45, 7) is 6.69. The third kappa shape index (κ3) is 8.02. The van der Waals surface area contributed by atoms with Gasteiger partial charge in [-0.3, -0.25) is 9.59 Å². The first-order chi connectivity index (χ1) is 8.59. The molecule has 1 saturated heterocycles. The third-order valence-corrected chi connectivity index (χ3v) is 2.70. The summed E-state index contributed by atoms with van der Waals surface area (Å²) in [5.41, 5.74) is 0. The van der Waals surface area contributed by atoms with Crippen molar-refractivity contribution in [2.24, 2.45) is 5.92 Å². The second-order valence-corrected chi connectivity index (χ2v) is 4.73. The van der Waals surface area contributed by atoms with E-state index in [4.69, 9.17) is 4.74 Å². The largest absolute Gasteiger partial charge is 0.378 e. The molecule has 1 fully saturated rings. The number of hydrogen-bond donors (Lipinski definition) is 3. The van der Waals surface area contributed by atoms with Gasteiger partial charge in [-0.15, -0.1) is 12.4 Å².